The van der Waals surface area contributed by atoms with Crippen LogP contribution in [0.2, 0.25) is 5.02 Å². The molecule has 0 aliphatic carbocycles. The van der Waals surface area contributed by atoms with Gasteiger partial charge in [0.2, 0.25) is 0 Å². The summed E-state index contributed by atoms with van der Waals surface area (Å²) in [6.45, 7) is 3.89. The molecule has 4 aromatic rings. The van der Waals surface area contributed by atoms with Crippen LogP contribution in [0.15, 0.2) is 83.9 Å². The first kappa shape index (κ1) is 23.5. The van der Waals surface area contributed by atoms with Crippen LogP contribution in [-0.2, 0) is 16.0 Å². The molecule has 1 aliphatic heterocycles. The number of halogens is 1. The number of hydrogen-bond acceptors (Lipinski definition) is 3. The fourth-order valence-corrected chi connectivity index (χ4v) is 4.68. The molecule has 2 amide bonds. The van der Waals surface area contributed by atoms with E-state index in [1.807, 2.05) is 26.0 Å². The van der Waals surface area contributed by atoms with E-state index in [1.165, 1.54) is 4.68 Å². The summed E-state index contributed by atoms with van der Waals surface area (Å²) in [7, 11) is 0. The topological polar surface area (TPSA) is 79.1 Å². The van der Waals surface area contributed by atoms with Gasteiger partial charge in [-0.1, -0.05) is 49.2 Å². The highest BCUT2D eigenvalue weighted by atomic mass is 35.5. The minimum atomic E-state index is -0.540. The quantitative estimate of drug-likeness (QED) is 0.317. The van der Waals surface area contributed by atoms with Gasteiger partial charge in [-0.2, -0.15) is 4.57 Å². The first-order chi connectivity index (χ1) is 17.4. The summed E-state index contributed by atoms with van der Waals surface area (Å²) >= 11 is 6.18. The maximum absolute atomic E-state index is 13.9. The van der Waals surface area contributed by atoms with Crippen molar-refractivity contribution in [2.75, 3.05) is 4.90 Å². The third-order valence-corrected chi connectivity index (χ3v) is 6.30. The average Bonchev–Trinajstić information content (AvgIpc) is 3.31. The summed E-state index contributed by atoms with van der Waals surface area (Å²) in [5.74, 6) is -1.03. The average molecular weight is 500 g/mol. The van der Waals surface area contributed by atoms with Gasteiger partial charge in [0.15, 0.2) is 12.4 Å². The predicted octanol–water partition coefficient (Wildman–Crippen LogP) is 4.31. The summed E-state index contributed by atoms with van der Waals surface area (Å²) in [4.78, 5) is 42.7. The van der Waals surface area contributed by atoms with Gasteiger partial charge in [0.1, 0.15) is 5.57 Å². The van der Waals surface area contributed by atoms with Gasteiger partial charge in [0, 0.05) is 22.3 Å². The van der Waals surface area contributed by atoms with Crippen LogP contribution in [0.1, 0.15) is 30.2 Å². The summed E-state index contributed by atoms with van der Waals surface area (Å²) in [6, 6.07) is 19.3. The van der Waals surface area contributed by atoms with Gasteiger partial charge in [0.25, 0.3) is 17.2 Å². The molecule has 36 heavy (non-hydrogen) atoms. The fraction of sp³-hybridized carbons (Fsp3) is 0.143. The Morgan fingerprint density at radius 1 is 0.917 bits per heavy atom. The van der Waals surface area contributed by atoms with Crippen molar-refractivity contribution in [1.82, 2.24) is 9.78 Å². The highest BCUT2D eigenvalue weighted by molar-refractivity contribution is 6.53. The number of nitrogens with one attached hydrogen (secondary N) is 1. The number of imide groups is 1. The van der Waals surface area contributed by atoms with Gasteiger partial charge in [0.05, 0.1) is 16.9 Å². The molecule has 0 fully saturated rings. The summed E-state index contributed by atoms with van der Waals surface area (Å²) in [6.07, 6.45) is 4.73. The number of pyridine rings is 1. The van der Waals surface area contributed by atoms with Crippen molar-refractivity contribution in [2.45, 2.75) is 26.7 Å². The third-order valence-electron chi connectivity index (χ3n) is 6.06. The Labute approximate surface area is 212 Å². The lowest BCUT2D eigenvalue weighted by Crippen LogP contribution is -2.39. The lowest BCUT2D eigenvalue weighted by atomic mass is 10.0. The Kier molecular flexibility index (Phi) is 6.16. The largest absolute Gasteiger partial charge is 0.331 e. The summed E-state index contributed by atoms with van der Waals surface area (Å²) in [5.41, 5.74) is 2.45. The number of carbonyl (C=O) groups is 2. The lowest BCUT2D eigenvalue weighted by Gasteiger charge is -2.13. The first-order valence-electron chi connectivity index (χ1n) is 11.7. The molecule has 0 radical (unpaired) electrons. The molecule has 7 nitrogen and oxygen atoms in total. The van der Waals surface area contributed by atoms with Crippen molar-refractivity contribution in [1.29, 1.82) is 0 Å². The van der Waals surface area contributed by atoms with E-state index in [0.29, 0.717) is 28.5 Å². The van der Waals surface area contributed by atoms with E-state index >= 15 is 0 Å². The number of amides is 2. The second kappa shape index (κ2) is 9.43. The fourth-order valence-electron chi connectivity index (χ4n) is 4.49. The molecule has 3 heterocycles. The molecule has 2 aromatic heterocycles. The van der Waals surface area contributed by atoms with Gasteiger partial charge in [-0.3, -0.25) is 19.5 Å². The van der Waals surface area contributed by atoms with Gasteiger partial charge < -0.3 is 0 Å². The van der Waals surface area contributed by atoms with Gasteiger partial charge in [-0.15, -0.1) is 0 Å². The minimum Gasteiger partial charge on any atom is -0.294 e. The van der Waals surface area contributed by atoms with Crippen molar-refractivity contribution < 1.29 is 14.2 Å². The second-order valence-corrected chi connectivity index (χ2v) is 9.07. The Hall–Kier alpha value is -4.23. The number of hydrogen-bond donors (Lipinski definition) is 1. The molecule has 8 heteroatoms. The molecule has 180 valence electrons. The number of para-hydroxylation sites is 1. The van der Waals surface area contributed by atoms with Crippen LogP contribution in [0.5, 0.6) is 0 Å². The van der Waals surface area contributed by atoms with Crippen molar-refractivity contribution in [3.8, 4) is 5.69 Å². The Morgan fingerprint density at radius 3 is 2.36 bits per heavy atom. The summed E-state index contributed by atoms with van der Waals surface area (Å²) < 4.78 is 3.00. The van der Waals surface area contributed by atoms with Crippen LogP contribution < -0.4 is 15.0 Å². The zero-order valence-electron chi connectivity index (χ0n) is 19.9. The van der Waals surface area contributed by atoms with Crippen LogP contribution in [-0.4, -0.2) is 21.6 Å². The van der Waals surface area contributed by atoms with Crippen molar-refractivity contribution >= 4 is 40.4 Å². The zero-order chi connectivity index (χ0) is 25.4. The van der Waals surface area contributed by atoms with Crippen LogP contribution in [0.25, 0.3) is 17.0 Å². The van der Waals surface area contributed by atoms with E-state index < -0.39 is 17.4 Å². The number of aryl methyl sites for hydroxylation is 2. The summed E-state index contributed by atoms with van der Waals surface area (Å²) in [5, 5.41) is 3.64. The third kappa shape index (κ3) is 3.97. The van der Waals surface area contributed by atoms with Gasteiger partial charge in [-0.05, 0) is 49.7 Å². The molecule has 5 rings (SSSR count). The minimum absolute atomic E-state index is 0.0740. The van der Waals surface area contributed by atoms with Crippen molar-refractivity contribution in [3.63, 3.8) is 0 Å². The van der Waals surface area contributed by atoms with Crippen LogP contribution in [0.3, 0.4) is 0 Å². The number of carbonyl (C=O) groups excluding carboxylic acids is 2. The van der Waals surface area contributed by atoms with Crippen molar-refractivity contribution in [3.05, 3.63) is 111 Å². The number of benzene rings is 2. The van der Waals surface area contributed by atoms with Crippen LogP contribution >= 0.6 is 11.6 Å². The zero-order valence-corrected chi connectivity index (χ0v) is 20.6. The monoisotopic (exact) mass is 499 g/mol. The number of H-pyrrole nitrogens is 1. The van der Waals surface area contributed by atoms with E-state index in [1.54, 1.807) is 71.6 Å². The maximum Gasteiger partial charge on any atom is 0.331 e. The van der Waals surface area contributed by atoms with E-state index in [0.717, 1.165) is 16.9 Å². The molecule has 0 unspecified atom stereocenters. The molecule has 2 aromatic carbocycles. The number of aromatic amines is 1. The highest BCUT2D eigenvalue weighted by Crippen LogP contribution is 2.33. The molecule has 0 spiro atoms. The first-order valence-corrected chi connectivity index (χ1v) is 12.0. The van der Waals surface area contributed by atoms with Crippen molar-refractivity contribution in [2.24, 2.45) is 0 Å². The maximum atomic E-state index is 13.9. The molecule has 1 N–H and O–H groups in total. The molecule has 1 aliphatic rings. The number of anilines is 1. The predicted molar refractivity (Wildman–Crippen MR) is 139 cm³/mol. The smallest absolute Gasteiger partial charge is 0.294 e. The van der Waals surface area contributed by atoms with Crippen LogP contribution in [0.4, 0.5) is 5.69 Å². The van der Waals surface area contributed by atoms with Crippen LogP contribution in [0, 0.1) is 6.92 Å². The number of aromatic nitrogens is 3. The van der Waals surface area contributed by atoms with Gasteiger partial charge >= 0.3 is 5.91 Å². The van der Waals surface area contributed by atoms with E-state index in [9.17, 15) is 14.4 Å². The lowest BCUT2D eigenvalue weighted by molar-refractivity contribution is -0.577. The van der Waals surface area contributed by atoms with E-state index in [-0.39, 0.29) is 16.8 Å². The van der Waals surface area contributed by atoms with Gasteiger partial charge in [-0.25, -0.2) is 9.58 Å². The second-order valence-electron chi connectivity index (χ2n) is 8.63. The molecule has 0 saturated carbocycles. The molecular weight excluding hydrogens is 476 g/mol. The SMILES string of the molecule is CCCc1[nH]n(-c2cccc(Cl)c2)c(=O)c1C1=C([n+]2cccc(C)c2)C(=O)N(c2ccccc2)C1=O. The Balaban J connectivity index is 1.80. The molecule has 0 saturated heterocycles. The Morgan fingerprint density at radius 2 is 1.67 bits per heavy atom. The number of rotatable bonds is 6. The Bertz CT molecular complexity index is 1580. The molecular formula is C28H24ClN4O3+. The normalized spacial score (nSPS) is 13.7. The standard InChI is InChI=1S/C28H23ClN4O3/c1-3-9-22-23(27(35)33(30-22)21-14-7-11-19(29)16-21)24-25(31-15-8-10-18(2)17-31)28(36)32(26(24)34)20-12-5-4-6-13-20/h4-8,10-17H,3,9H2,1-2H3/p+1. The highest BCUT2D eigenvalue weighted by Gasteiger charge is 2.48. The van der Waals surface area contributed by atoms with E-state index in [4.69, 9.17) is 11.6 Å². The molecule has 0 atom stereocenters. The van der Waals surface area contributed by atoms with E-state index in [2.05, 4.69) is 5.10 Å². The molecule has 0 bridgehead atoms. The number of nitrogens with zero attached hydrogens (tertiary/aromatic N) is 3.